The van der Waals surface area contributed by atoms with Gasteiger partial charge in [-0.25, -0.2) is 0 Å². The second kappa shape index (κ2) is 5.99. The molecule has 1 N–H and O–H groups in total. The quantitative estimate of drug-likeness (QED) is 0.341. The smallest absolute Gasteiger partial charge is 0.0464 e. The fraction of sp³-hybridized carbons (Fsp3) is 0.308. The highest BCUT2D eigenvalue weighted by Gasteiger charge is 2.23. The van der Waals surface area contributed by atoms with Crippen LogP contribution in [0.25, 0.3) is 22.3 Å². The van der Waals surface area contributed by atoms with Crippen molar-refractivity contribution in [2.45, 2.75) is 52.4 Å². The number of hydrogen-bond donors (Lipinski definition) is 1. The molecule has 27 heavy (non-hydrogen) atoms. The molecule has 0 radical (unpaired) electrons. The van der Waals surface area contributed by atoms with Crippen molar-refractivity contribution in [2.75, 3.05) is 5.32 Å². The minimum atomic E-state index is 0.128. The number of hydrogen-bond acceptors (Lipinski definition) is 1. The first-order chi connectivity index (χ1) is 12.6. The molecule has 0 aliphatic carbocycles. The molecular formula is C26H29N. The monoisotopic (exact) mass is 355 g/mol. The van der Waals surface area contributed by atoms with Gasteiger partial charge in [-0.2, -0.15) is 0 Å². The maximum atomic E-state index is 3.71. The van der Waals surface area contributed by atoms with Gasteiger partial charge in [-0.05, 0) is 57.3 Å². The van der Waals surface area contributed by atoms with E-state index >= 15 is 0 Å². The van der Waals surface area contributed by atoms with Crippen molar-refractivity contribution >= 4 is 11.4 Å². The highest BCUT2D eigenvalue weighted by atomic mass is 14.9. The summed E-state index contributed by atoms with van der Waals surface area (Å²) in [6.07, 6.45) is 0. The van der Waals surface area contributed by atoms with Crippen LogP contribution in [0.5, 0.6) is 0 Å². The number of rotatable bonds is 0. The molecule has 0 saturated heterocycles. The Morgan fingerprint density at radius 1 is 0.519 bits per heavy atom. The lowest BCUT2D eigenvalue weighted by Gasteiger charge is -2.22. The largest absolute Gasteiger partial charge is 0.355 e. The van der Waals surface area contributed by atoms with Gasteiger partial charge < -0.3 is 5.32 Å². The van der Waals surface area contributed by atoms with Crippen LogP contribution in [0.2, 0.25) is 0 Å². The molecule has 0 fully saturated rings. The first kappa shape index (κ1) is 17.9. The fourth-order valence-corrected chi connectivity index (χ4v) is 3.78. The van der Waals surface area contributed by atoms with Crippen LogP contribution in [-0.2, 0) is 10.8 Å². The molecule has 1 heterocycles. The first-order valence-electron chi connectivity index (χ1n) is 9.80. The van der Waals surface area contributed by atoms with Crippen molar-refractivity contribution in [3.63, 3.8) is 0 Å². The van der Waals surface area contributed by atoms with Gasteiger partial charge in [0.1, 0.15) is 0 Å². The minimum Gasteiger partial charge on any atom is -0.355 e. The van der Waals surface area contributed by atoms with Crippen LogP contribution < -0.4 is 5.32 Å². The molecule has 0 unspecified atom stereocenters. The lowest BCUT2D eigenvalue weighted by Crippen LogP contribution is -2.11. The lowest BCUT2D eigenvalue weighted by molar-refractivity contribution is 0.590. The Bertz CT molecular complexity index is 931. The molecule has 4 rings (SSSR count). The second-order valence-corrected chi connectivity index (χ2v) is 9.69. The molecule has 1 heteroatoms. The molecule has 0 atom stereocenters. The van der Waals surface area contributed by atoms with E-state index in [2.05, 4.69) is 108 Å². The van der Waals surface area contributed by atoms with Crippen LogP contribution in [0.4, 0.5) is 11.4 Å². The van der Waals surface area contributed by atoms with Crippen molar-refractivity contribution in [1.82, 2.24) is 0 Å². The van der Waals surface area contributed by atoms with Crippen LogP contribution in [-0.4, -0.2) is 0 Å². The lowest BCUT2D eigenvalue weighted by atomic mass is 9.83. The zero-order valence-corrected chi connectivity index (χ0v) is 17.3. The van der Waals surface area contributed by atoms with Crippen molar-refractivity contribution in [3.05, 3.63) is 71.8 Å². The predicted molar refractivity (Wildman–Crippen MR) is 118 cm³/mol. The van der Waals surface area contributed by atoms with Gasteiger partial charge >= 0.3 is 0 Å². The Balaban J connectivity index is 1.99. The van der Waals surface area contributed by atoms with E-state index in [1.807, 2.05) is 0 Å². The highest BCUT2D eigenvalue weighted by Crippen LogP contribution is 2.46. The van der Waals surface area contributed by atoms with E-state index in [1.165, 1.54) is 44.8 Å². The van der Waals surface area contributed by atoms with Crippen molar-refractivity contribution in [1.29, 1.82) is 0 Å². The zero-order valence-electron chi connectivity index (χ0n) is 17.3. The molecule has 0 amide bonds. The van der Waals surface area contributed by atoms with E-state index in [9.17, 15) is 0 Å². The van der Waals surface area contributed by atoms with E-state index in [0.29, 0.717) is 0 Å². The number of fused-ring (bicyclic) bond motifs is 5. The SMILES string of the molecule is CC(C)(C)c1ccc2c(c1)-c1ccccc1-c1cc(C(C)(C)C)ccc1N2. The van der Waals surface area contributed by atoms with Crippen LogP contribution in [0.3, 0.4) is 0 Å². The van der Waals surface area contributed by atoms with E-state index in [0.717, 1.165) is 0 Å². The summed E-state index contributed by atoms with van der Waals surface area (Å²) < 4.78 is 0. The summed E-state index contributed by atoms with van der Waals surface area (Å²) in [5.74, 6) is 0. The van der Waals surface area contributed by atoms with Crippen molar-refractivity contribution in [2.24, 2.45) is 0 Å². The van der Waals surface area contributed by atoms with E-state index in [4.69, 9.17) is 0 Å². The van der Waals surface area contributed by atoms with Crippen LogP contribution >= 0.6 is 0 Å². The Kier molecular flexibility index (Phi) is 3.96. The van der Waals surface area contributed by atoms with Gasteiger partial charge in [0.2, 0.25) is 0 Å². The summed E-state index contributed by atoms with van der Waals surface area (Å²) >= 11 is 0. The van der Waals surface area contributed by atoms with Crippen molar-refractivity contribution in [3.8, 4) is 22.3 Å². The van der Waals surface area contributed by atoms with Crippen molar-refractivity contribution < 1.29 is 0 Å². The summed E-state index contributed by atoms with van der Waals surface area (Å²) in [4.78, 5) is 0. The summed E-state index contributed by atoms with van der Waals surface area (Å²) in [5, 5.41) is 3.71. The summed E-state index contributed by atoms with van der Waals surface area (Å²) in [5.41, 5.74) is 10.5. The second-order valence-electron chi connectivity index (χ2n) is 9.69. The highest BCUT2D eigenvalue weighted by molar-refractivity contribution is 5.98. The third-order valence-electron chi connectivity index (χ3n) is 5.55. The zero-order chi connectivity index (χ0) is 19.4. The molecule has 3 aromatic rings. The molecule has 1 nitrogen and oxygen atoms in total. The topological polar surface area (TPSA) is 12.0 Å². The van der Waals surface area contributed by atoms with Gasteiger partial charge in [0.25, 0.3) is 0 Å². The molecule has 1 aliphatic rings. The Labute approximate surface area is 163 Å². The fourth-order valence-electron chi connectivity index (χ4n) is 3.78. The van der Waals surface area contributed by atoms with Gasteiger partial charge in [-0.1, -0.05) is 77.9 Å². The predicted octanol–water partition coefficient (Wildman–Crippen LogP) is 7.67. The van der Waals surface area contributed by atoms with Gasteiger partial charge in [0.15, 0.2) is 0 Å². The number of anilines is 2. The van der Waals surface area contributed by atoms with Crippen LogP contribution in [0.1, 0.15) is 52.7 Å². The normalized spacial score (nSPS) is 13.1. The molecule has 0 aromatic heterocycles. The van der Waals surface area contributed by atoms with E-state index < -0.39 is 0 Å². The third-order valence-corrected chi connectivity index (χ3v) is 5.55. The van der Waals surface area contributed by atoms with E-state index in [1.54, 1.807) is 0 Å². The first-order valence-corrected chi connectivity index (χ1v) is 9.80. The standard InChI is InChI=1S/C26H29N/c1-25(2,3)17-11-13-23-21(15-17)19-9-7-8-10-20(19)22-16-18(26(4,5)6)12-14-24(22)27-23/h7-16,27H,1-6H3. The van der Waals surface area contributed by atoms with Gasteiger partial charge in [0, 0.05) is 22.5 Å². The minimum absolute atomic E-state index is 0.128. The molecule has 0 bridgehead atoms. The average molecular weight is 356 g/mol. The van der Waals surface area contributed by atoms with Gasteiger partial charge in [-0.3, -0.25) is 0 Å². The molecule has 0 spiro atoms. The number of nitrogens with one attached hydrogen (secondary N) is 1. The number of benzene rings is 3. The Morgan fingerprint density at radius 2 is 0.926 bits per heavy atom. The molecular weight excluding hydrogens is 326 g/mol. The van der Waals surface area contributed by atoms with Gasteiger partial charge in [-0.15, -0.1) is 0 Å². The van der Waals surface area contributed by atoms with Gasteiger partial charge in [0.05, 0.1) is 0 Å². The maximum absolute atomic E-state index is 3.71. The summed E-state index contributed by atoms with van der Waals surface area (Å²) in [6.45, 7) is 13.6. The maximum Gasteiger partial charge on any atom is 0.0464 e. The molecule has 0 saturated carbocycles. The Morgan fingerprint density at radius 3 is 1.30 bits per heavy atom. The summed E-state index contributed by atoms with van der Waals surface area (Å²) in [6, 6.07) is 22.5. The summed E-state index contributed by atoms with van der Waals surface area (Å²) in [7, 11) is 0. The van der Waals surface area contributed by atoms with Crippen LogP contribution in [0.15, 0.2) is 60.7 Å². The van der Waals surface area contributed by atoms with E-state index in [-0.39, 0.29) is 10.8 Å². The Hall–Kier alpha value is -2.54. The van der Waals surface area contributed by atoms with Crippen LogP contribution in [0, 0.1) is 0 Å². The molecule has 1 aliphatic heterocycles. The third kappa shape index (κ3) is 3.16. The molecule has 138 valence electrons. The molecule has 3 aromatic carbocycles. The average Bonchev–Trinajstić information content (AvgIpc) is 2.74.